The lowest BCUT2D eigenvalue weighted by Crippen LogP contribution is -2.28. The van der Waals surface area contributed by atoms with Gasteiger partial charge in [0.25, 0.3) is 5.91 Å². The second-order valence-electron chi connectivity index (χ2n) is 4.50. The maximum atomic E-state index is 13.7. The number of nitrogen functional groups attached to an aromatic ring is 1. The molecule has 2 N–H and O–H groups in total. The van der Waals surface area contributed by atoms with E-state index in [0.29, 0.717) is 11.8 Å². The zero-order valence-electron chi connectivity index (χ0n) is 11.2. The Morgan fingerprint density at radius 2 is 1.80 bits per heavy atom. The molecule has 0 unspecified atom stereocenters. The summed E-state index contributed by atoms with van der Waals surface area (Å²) in [6.07, 6.45) is 0. The first-order valence-corrected chi connectivity index (χ1v) is 6.00. The first kappa shape index (κ1) is 14.0. The van der Waals surface area contributed by atoms with Gasteiger partial charge in [0.1, 0.15) is 11.6 Å². The van der Waals surface area contributed by atoms with Gasteiger partial charge in [0, 0.05) is 18.8 Å². The number of nitrogens with two attached hydrogens (primary N) is 1. The van der Waals surface area contributed by atoms with E-state index in [9.17, 15) is 13.6 Å². The molecule has 0 saturated carbocycles. The molecule has 0 aliphatic rings. The van der Waals surface area contributed by atoms with E-state index < -0.39 is 17.5 Å². The van der Waals surface area contributed by atoms with Gasteiger partial charge in [-0.2, -0.15) is 0 Å². The monoisotopic (exact) mass is 276 g/mol. The lowest BCUT2D eigenvalue weighted by Gasteiger charge is -2.20. The molecule has 3 nitrogen and oxygen atoms in total. The molecule has 0 aliphatic heterocycles. The van der Waals surface area contributed by atoms with Gasteiger partial charge in [-0.1, -0.05) is 18.2 Å². The van der Waals surface area contributed by atoms with E-state index in [-0.39, 0.29) is 11.3 Å². The van der Waals surface area contributed by atoms with Crippen LogP contribution in [0.3, 0.4) is 0 Å². The second-order valence-corrected chi connectivity index (χ2v) is 4.50. The maximum absolute atomic E-state index is 13.7. The molecular formula is C15H14F2N2O. The van der Waals surface area contributed by atoms with Crippen LogP contribution >= 0.6 is 0 Å². The summed E-state index contributed by atoms with van der Waals surface area (Å²) in [5.74, 6) is -2.39. The van der Waals surface area contributed by atoms with E-state index in [1.807, 2.05) is 19.1 Å². The zero-order chi connectivity index (χ0) is 14.9. The highest BCUT2D eigenvalue weighted by Gasteiger charge is 2.20. The van der Waals surface area contributed by atoms with Crippen molar-refractivity contribution in [3.05, 3.63) is 59.2 Å². The van der Waals surface area contributed by atoms with Crippen molar-refractivity contribution < 1.29 is 13.6 Å². The van der Waals surface area contributed by atoms with Gasteiger partial charge >= 0.3 is 0 Å². The molecule has 104 valence electrons. The molecule has 0 heterocycles. The fourth-order valence-electron chi connectivity index (χ4n) is 1.96. The van der Waals surface area contributed by atoms with Gasteiger partial charge in [-0.15, -0.1) is 0 Å². The Bertz CT molecular complexity index is 671. The SMILES string of the molecule is Cc1ccccc1N(C)C(=O)c1cc(N)c(F)cc1F. The van der Waals surface area contributed by atoms with Crippen LogP contribution in [-0.2, 0) is 0 Å². The average Bonchev–Trinajstić information content (AvgIpc) is 2.42. The third-order valence-corrected chi connectivity index (χ3v) is 3.10. The number of carbonyl (C=O) groups is 1. The van der Waals surface area contributed by atoms with E-state index >= 15 is 0 Å². The van der Waals surface area contributed by atoms with Crippen LogP contribution in [-0.4, -0.2) is 13.0 Å². The number of para-hydroxylation sites is 1. The molecular weight excluding hydrogens is 262 g/mol. The summed E-state index contributed by atoms with van der Waals surface area (Å²) in [6.45, 7) is 1.84. The molecule has 0 bridgehead atoms. The summed E-state index contributed by atoms with van der Waals surface area (Å²) in [5, 5.41) is 0. The molecule has 0 aliphatic carbocycles. The molecule has 0 fully saturated rings. The number of rotatable bonds is 2. The molecule has 0 saturated heterocycles. The van der Waals surface area contributed by atoms with Crippen molar-refractivity contribution >= 4 is 17.3 Å². The summed E-state index contributed by atoms with van der Waals surface area (Å²) in [4.78, 5) is 13.6. The van der Waals surface area contributed by atoms with Crippen LogP contribution in [0.25, 0.3) is 0 Å². The number of nitrogens with zero attached hydrogens (tertiary/aromatic N) is 1. The molecule has 0 radical (unpaired) electrons. The Labute approximate surface area is 115 Å². The molecule has 20 heavy (non-hydrogen) atoms. The summed E-state index contributed by atoms with van der Waals surface area (Å²) in [5.41, 5.74) is 6.40. The molecule has 2 rings (SSSR count). The third-order valence-electron chi connectivity index (χ3n) is 3.10. The number of benzene rings is 2. The van der Waals surface area contributed by atoms with Gasteiger partial charge in [0.05, 0.1) is 11.3 Å². The van der Waals surface area contributed by atoms with E-state index in [4.69, 9.17) is 5.73 Å². The van der Waals surface area contributed by atoms with Gasteiger partial charge in [0.15, 0.2) is 0 Å². The second kappa shape index (κ2) is 5.28. The molecule has 2 aromatic rings. The van der Waals surface area contributed by atoms with Crippen molar-refractivity contribution in [1.29, 1.82) is 0 Å². The molecule has 0 spiro atoms. The van der Waals surface area contributed by atoms with Gasteiger partial charge in [-0.25, -0.2) is 8.78 Å². The van der Waals surface area contributed by atoms with E-state index in [0.717, 1.165) is 11.6 Å². The zero-order valence-corrected chi connectivity index (χ0v) is 11.2. The number of hydrogen-bond acceptors (Lipinski definition) is 2. The quantitative estimate of drug-likeness (QED) is 0.856. The number of carbonyl (C=O) groups excluding carboxylic acids is 1. The highest BCUT2D eigenvalue weighted by atomic mass is 19.1. The lowest BCUT2D eigenvalue weighted by molar-refractivity contribution is 0.0989. The Balaban J connectivity index is 2.42. The van der Waals surface area contributed by atoms with Gasteiger partial charge in [-0.05, 0) is 24.6 Å². The van der Waals surface area contributed by atoms with Crippen molar-refractivity contribution in [2.24, 2.45) is 0 Å². The molecule has 0 atom stereocenters. The highest BCUT2D eigenvalue weighted by Crippen LogP contribution is 2.23. The average molecular weight is 276 g/mol. The normalized spacial score (nSPS) is 10.4. The number of hydrogen-bond donors (Lipinski definition) is 1. The number of anilines is 2. The fourth-order valence-corrected chi connectivity index (χ4v) is 1.96. The van der Waals surface area contributed by atoms with Crippen molar-refractivity contribution in [2.45, 2.75) is 6.92 Å². The van der Waals surface area contributed by atoms with Gasteiger partial charge in [0.2, 0.25) is 0 Å². The fraction of sp³-hybridized carbons (Fsp3) is 0.133. The van der Waals surface area contributed by atoms with Crippen LogP contribution in [0.1, 0.15) is 15.9 Å². The summed E-state index contributed by atoms with van der Waals surface area (Å²) >= 11 is 0. The van der Waals surface area contributed by atoms with Crippen molar-refractivity contribution in [3.8, 4) is 0 Å². The lowest BCUT2D eigenvalue weighted by atomic mass is 10.1. The molecule has 5 heteroatoms. The van der Waals surface area contributed by atoms with Crippen LogP contribution in [0.4, 0.5) is 20.2 Å². The topological polar surface area (TPSA) is 46.3 Å². The maximum Gasteiger partial charge on any atom is 0.261 e. The summed E-state index contributed by atoms with van der Waals surface area (Å²) < 4.78 is 26.8. The summed E-state index contributed by atoms with van der Waals surface area (Å²) in [6, 6.07) is 8.84. The Morgan fingerprint density at radius 3 is 2.45 bits per heavy atom. The van der Waals surface area contributed by atoms with E-state index in [1.54, 1.807) is 12.1 Å². The Kier molecular flexibility index (Phi) is 3.70. The number of amides is 1. The van der Waals surface area contributed by atoms with Crippen LogP contribution < -0.4 is 10.6 Å². The van der Waals surface area contributed by atoms with Gasteiger partial charge < -0.3 is 10.6 Å². The minimum Gasteiger partial charge on any atom is -0.396 e. The van der Waals surface area contributed by atoms with Crippen LogP contribution in [0.2, 0.25) is 0 Å². The van der Waals surface area contributed by atoms with Crippen LogP contribution in [0, 0.1) is 18.6 Å². The minimum atomic E-state index is -0.929. The van der Waals surface area contributed by atoms with Gasteiger partial charge in [-0.3, -0.25) is 4.79 Å². The third kappa shape index (κ3) is 2.47. The first-order chi connectivity index (χ1) is 9.41. The summed E-state index contributed by atoms with van der Waals surface area (Å²) in [7, 11) is 1.53. The van der Waals surface area contributed by atoms with Crippen LogP contribution in [0.15, 0.2) is 36.4 Å². The Hall–Kier alpha value is -2.43. The van der Waals surface area contributed by atoms with Crippen molar-refractivity contribution in [2.75, 3.05) is 17.7 Å². The van der Waals surface area contributed by atoms with Crippen molar-refractivity contribution in [1.82, 2.24) is 0 Å². The predicted octanol–water partition coefficient (Wildman–Crippen LogP) is 3.13. The van der Waals surface area contributed by atoms with E-state index in [1.165, 1.54) is 11.9 Å². The predicted molar refractivity (Wildman–Crippen MR) is 74.7 cm³/mol. The standard InChI is InChI=1S/C15H14F2N2O/c1-9-5-3-4-6-14(9)19(2)15(20)10-7-13(18)12(17)8-11(10)16/h3-8H,18H2,1-2H3. The Morgan fingerprint density at radius 1 is 1.15 bits per heavy atom. The molecule has 2 aromatic carbocycles. The van der Waals surface area contributed by atoms with Crippen molar-refractivity contribution in [3.63, 3.8) is 0 Å². The highest BCUT2D eigenvalue weighted by molar-refractivity contribution is 6.06. The smallest absolute Gasteiger partial charge is 0.261 e. The van der Waals surface area contributed by atoms with Crippen LogP contribution in [0.5, 0.6) is 0 Å². The minimum absolute atomic E-state index is 0.255. The number of aryl methyl sites for hydroxylation is 1. The van der Waals surface area contributed by atoms with E-state index in [2.05, 4.69) is 0 Å². The number of halogens is 2. The largest absolute Gasteiger partial charge is 0.396 e. The first-order valence-electron chi connectivity index (χ1n) is 6.00. The molecule has 0 aromatic heterocycles. The molecule has 1 amide bonds.